The molecule has 2 aliphatic rings. The molecule has 3 rings (SSSR count). The molecule has 4 unspecified atom stereocenters. The number of ether oxygens (including phenoxy) is 1. The molecule has 2 N–H and O–H groups in total. The van der Waals surface area contributed by atoms with Crippen LogP contribution in [0.3, 0.4) is 0 Å². The van der Waals surface area contributed by atoms with Gasteiger partial charge in [0.15, 0.2) is 0 Å². The smallest absolute Gasteiger partial charge is 0.303 e. The molecule has 0 aliphatic heterocycles. The Morgan fingerprint density at radius 1 is 1.20 bits per heavy atom. The van der Waals surface area contributed by atoms with Crippen LogP contribution >= 0.6 is 0 Å². The van der Waals surface area contributed by atoms with Crippen molar-refractivity contribution in [2.75, 3.05) is 7.11 Å². The van der Waals surface area contributed by atoms with Crippen molar-refractivity contribution < 1.29 is 23.1 Å². The van der Waals surface area contributed by atoms with Crippen LogP contribution in [0.5, 0.6) is 5.75 Å². The van der Waals surface area contributed by atoms with Crippen LogP contribution in [0.2, 0.25) is 0 Å². The van der Waals surface area contributed by atoms with Crippen LogP contribution in [-0.4, -0.2) is 32.6 Å². The fraction of sp³-hybridized carbons (Fsp3) is 0.522. The maximum Gasteiger partial charge on any atom is 0.303 e. The molecule has 7 heteroatoms. The Balaban J connectivity index is 1.57. The molecule has 2 aliphatic carbocycles. The molecule has 2 bridgehead atoms. The van der Waals surface area contributed by atoms with Gasteiger partial charge >= 0.3 is 5.97 Å². The van der Waals surface area contributed by atoms with E-state index in [1.807, 2.05) is 18.2 Å². The summed E-state index contributed by atoms with van der Waals surface area (Å²) in [5.74, 6) is 1.24. The summed E-state index contributed by atoms with van der Waals surface area (Å²) in [5.41, 5.74) is 0.801. The van der Waals surface area contributed by atoms with Crippen LogP contribution < -0.4 is 9.46 Å². The maximum absolute atomic E-state index is 12.7. The lowest BCUT2D eigenvalue weighted by Gasteiger charge is -2.30. The summed E-state index contributed by atoms with van der Waals surface area (Å²) in [5, 5.41) is 9.95. The Morgan fingerprint density at radius 3 is 2.63 bits per heavy atom. The minimum atomic E-state index is -3.53. The number of carboxylic acid groups (broad SMARTS) is 1. The highest BCUT2D eigenvalue weighted by Gasteiger charge is 2.47. The van der Waals surface area contributed by atoms with Crippen LogP contribution in [-0.2, 0) is 14.8 Å². The van der Waals surface area contributed by atoms with E-state index in [-0.39, 0.29) is 12.5 Å². The molecule has 4 atom stereocenters. The van der Waals surface area contributed by atoms with Crippen molar-refractivity contribution >= 4 is 22.1 Å². The third-order valence-corrected chi connectivity index (χ3v) is 7.38. The van der Waals surface area contributed by atoms with Gasteiger partial charge in [0.2, 0.25) is 10.0 Å². The van der Waals surface area contributed by atoms with Gasteiger partial charge in [-0.15, -0.1) is 0 Å². The van der Waals surface area contributed by atoms with Gasteiger partial charge in [-0.3, -0.25) is 4.79 Å². The monoisotopic (exact) mass is 433 g/mol. The highest BCUT2D eigenvalue weighted by Crippen LogP contribution is 2.50. The summed E-state index contributed by atoms with van der Waals surface area (Å²) in [6.45, 7) is 0. The van der Waals surface area contributed by atoms with Crippen LogP contribution in [0.1, 0.15) is 50.5 Å². The first kappa shape index (κ1) is 22.6. The second kappa shape index (κ2) is 10.3. The van der Waals surface area contributed by atoms with E-state index in [2.05, 4.69) is 10.8 Å². The zero-order valence-corrected chi connectivity index (χ0v) is 18.2. The fourth-order valence-corrected chi connectivity index (χ4v) is 5.95. The van der Waals surface area contributed by atoms with Crippen molar-refractivity contribution in [3.63, 3.8) is 0 Å². The Kier molecular flexibility index (Phi) is 7.72. The quantitative estimate of drug-likeness (QED) is 0.403. The lowest BCUT2D eigenvalue weighted by Crippen LogP contribution is -2.43. The number of carboxylic acids is 1. The number of aliphatic carboxylic acids is 1. The van der Waals surface area contributed by atoms with E-state index in [9.17, 15) is 13.2 Å². The minimum Gasteiger partial charge on any atom is -0.497 e. The summed E-state index contributed by atoms with van der Waals surface area (Å²) in [7, 11) is -1.94. The number of sulfonamides is 1. The molecular formula is C23H31NO5S. The van der Waals surface area contributed by atoms with Gasteiger partial charge in [-0.2, -0.15) is 0 Å². The summed E-state index contributed by atoms with van der Waals surface area (Å²) < 4.78 is 33.4. The Morgan fingerprint density at radius 2 is 1.93 bits per heavy atom. The van der Waals surface area contributed by atoms with Gasteiger partial charge < -0.3 is 9.84 Å². The molecule has 0 aromatic heterocycles. The van der Waals surface area contributed by atoms with E-state index >= 15 is 0 Å². The molecule has 2 saturated carbocycles. The van der Waals surface area contributed by atoms with Crippen molar-refractivity contribution in [2.45, 2.75) is 51.0 Å². The summed E-state index contributed by atoms with van der Waals surface area (Å²) in [4.78, 5) is 10.6. The number of nitrogens with one attached hydrogen (secondary N) is 1. The van der Waals surface area contributed by atoms with Crippen LogP contribution in [0.15, 0.2) is 41.8 Å². The zero-order valence-electron chi connectivity index (χ0n) is 17.4. The summed E-state index contributed by atoms with van der Waals surface area (Å²) in [6.07, 6.45) is 11.5. The molecule has 1 aromatic rings. The number of rotatable bonds is 11. The molecule has 6 nitrogen and oxygen atoms in total. The molecule has 1 aromatic carbocycles. The van der Waals surface area contributed by atoms with Gasteiger partial charge in [0.25, 0.3) is 0 Å². The third kappa shape index (κ3) is 6.19. The Labute approximate surface area is 179 Å². The standard InChI is InChI=1S/C23H31NO5S/c1-29-20-12-8-17(9-13-20)14-15-30(27,28)24-23-19-11-10-18(16-19)21(23)6-4-2-3-5-7-22(25)26/h2,4,8-9,12-15,18-19,21,23-24H,3,5-7,10-11,16H2,1H3,(H,25,26). The Hall–Kier alpha value is -2.12. The van der Waals surface area contributed by atoms with Gasteiger partial charge in [0.05, 0.1) is 7.11 Å². The second-order valence-electron chi connectivity index (χ2n) is 8.25. The van der Waals surface area contributed by atoms with Crippen LogP contribution in [0, 0.1) is 17.8 Å². The summed E-state index contributed by atoms with van der Waals surface area (Å²) >= 11 is 0. The number of fused-ring (bicyclic) bond motifs is 2. The van der Waals surface area contributed by atoms with Gasteiger partial charge in [0.1, 0.15) is 5.75 Å². The molecule has 0 amide bonds. The van der Waals surface area contributed by atoms with Crippen molar-refractivity contribution in [2.24, 2.45) is 17.8 Å². The molecule has 2 fully saturated rings. The first-order valence-electron chi connectivity index (χ1n) is 10.6. The van der Waals surface area contributed by atoms with E-state index in [4.69, 9.17) is 9.84 Å². The zero-order chi connectivity index (χ0) is 21.6. The highest BCUT2D eigenvalue weighted by atomic mass is 32.2. The lowest BCUT2D eigenvalue weighted by molar-refractivity contribution is -0.137. The third-order valence-electron chi connectivity index (χ3n) is 6.28. The average molecular weight is 434 g/mol. The van der Waals surface area contributed by atoms with Gasteiger partial charge in [0, 0.05) is 17.9 Å². The number of hydrogen-bond acceptors (Lipinski definition) is 4. The van der Waals surface area contributed by atoms with Gasteiger partial charge in [-0.05, 0) is 80.1 Å². The highest BCUT2D eigenvalue weighted by molar-refractivity contribution is 7.92. The molecule has 0 spiro atoms. The molecule has 0 heterocycles. The molecule has 0 radical (unpaired) electrons. The number of hydrogen-bond donors (Lipinski definition) is 2. The fourth-order valence-electron chi connectivity index (χ4n) is 4.79. The first-order chi connectivity index (χ1) is 14.4. The van der Waals surface area contributed by atoms with Crippen molar-refractivity contribution in [3.8, 4) is 5.75 Å². The molecule has 0 saturated heterocycles. The predicted molar refractivity (Wildman–Crippen MR) is 117 cm³/mol. The molecule has 164 valence electrons. The molecular weight excluding hydrogens is 402 g/mol. The van der Waals surface area contributed by atoms with E-state index in [1.165, 1.54) is 11.8 Å². The SMILES string of the molecule is COc1ccc(C=CS(=O)(=O)NC2C3CCC(C3)C2CC=CCCCC(=O)O)cc1. The van der Waals surface area contributed by atoms with Crippen molar-refractivity contribution in [1.29, 1.82) is 0 Å². The van der Waals surface area contributed by atoms with Crippen molar-refractivity contribution in [3.05, 3.63) is 47.4 Å². The van der Waals surface area contributed by atoms with E-state index in [0.29, 0.717) is 24.2 Å². The topological polar surface area (TPSA) is 92.7 Å². The van der Waals surface area contributed by atoms with E-state index < -0.39 is 16.0 Å². The summed E-state index contributed by atoms with van der Waals surface area (Å²) in [6, 6.07) is 7.21. The predicted octanol–water partition coefficient (Wildman–Crippen LogP) is 4.20. The molecule has 30 heavy (non-hydrogen) atoms. The minimum absolute atomic E-state index is 0.0297. The van der Waals surface area contributed by atoms with Gasteiger partial charge in [-0.1, -0.05) is 24.3 Å². The lowest BCUT2D eigenvalue weighted by atomic mass is 9.83. The largest absolute Gasteiger partial charge is 0.497 e. The first-order valence-corrected chi connectivity index (χ1v) is 12.1. The number of methoxy groups -OCH3 is 1. The number of unbranched alkanes of at least 4 members (excludes halogenated alkanes) is 1. The number of allylic oxidation sites excluding steroid dienone is 2. The van der Waals surface area contributed by atoms with Crippen LogP contribution in [0.25, 0.3) is 6.08 Å². The average Bonchev–Trinajstić information content (AvgIpc) is 3.31. The van der Waals surface area contributed by atoms with Crippen molar-refractivity contribution in [1.82, 2.24) is 4.72 Å². The van der Waals surface area contributed by atoms with Crippen LogP contribution in [0.4, 0.5) is 0 Å². The number of benzene rings is 1. The van der Waals surface area contributed by atoms with E-state index in [1.54, 1.807) is 25.3 Å². The maximum atomic E-state index is 12.7. The number of carbonyl (C=O) groups is 1. The van der Waals surface area contributed by atoms with Gasteiger partial charge in [-0.25, -0.2) is 13.1 Å². The Bertz CT molecular complexity index is 875. The normalized spacial score (nSPS) is 26.0. The second-order valence-corrected chi connectivity index (χ2v) is 9.85. The van der Waals surface area contributed by atoms with E-state index in [0.717, 1.165) is 37.0 Å².